The van der Waals surface area contributed by atoms with E-state index in [4.69, 9.17) is 0 Å². The van der Waals surface area contributed by atoms with Crippen LogP contribution in [-0.2, 0) is 21.4 Å². The maximum Gasteiger partial charge on any atom is 0.241 e. The molecule has 1 aromatic carbocycles. The fourth-order valence-electron chi connectivity index (χ4n) is 2.15. The van der Waals surface area contributed by atoms with E-state index in [1.165, 1.54) is 31.2 Å². The smallest absolute Gasteiger partial charge is 0.241 e. The van der Waals surface area contributed by atoms with Gasteiger partial charge in [0.25, 0.3) is 0 Å². The Morgan fingerprint density at radius 2 is 1.68 bits per heavy atom. The summed E-state index contributed by atoms with van der Waals surface area (Å²) >= 11 is 0. The van der Waals surface area contributed by atoms with Gasteiger partial charge in [0.15, 0.2) is 5.78 Å². The normalized spacial score (nSPS) is 11.0. The predicted molar refractivity (Wildman–Crippen MR) is 94.7 cm³/mol. The van der Waals surface area contributed by atoms with Gasteiger partial charge in [-0.3, -0.25) is 18.9 Å². The molecule has 0 radical (unpaired) electrons. The van der Waals surface area contributed by atoms with Crippen molar-refractivity contribution in [3.63, 3.8) is 0 Å². The van der Waals surface area contributed by atoms with E-state index in [9.17, 15) is 18.0 Å². The van der Waals surface area contributed by atoms with Crippen LogP contribution < -0.4 is 9.62 Å². The third-order valence-corrected chi connectivity index (χ3v) is 4.63. The summed E-state index contributed by atoms with van der Waals surface area (Å²) in [6, 6.07) is 9.60. The van der Waals surface area contributed by atoms with Gasteiger partial charge in [0.05, 0.1) is 11.9 Å². The molecule has 25 heavy (non-hydrogen) atoms. The van der Waals surface area contributed by atoms with Crippen LogP contribution in [-0.4, -0.2) is 37.9 Å². The lowest BCUT2D eigenvalue weighted by atomic mass is 10.1. The van der Waals surface area contributed by atoms with Crippen molar-refractivity contribution in [1.82, 2.24) is 10.3 Å². The fraction of sp³-hybridized carbons (Fsp3) is 0.235. The Labute approximate surface area is 146 Å². The first-order valence-corrected chi connectivity index (χ1v) is 9.36. The number of aromatic nitrogens is 1. The summed E-state index contributed by atoms with van der Waals surface area (Å²) in [5, 5.41) is 2.67. The number of Topliss-reactive ketones (excluding diaryl/α,β-unsaturated/α-hetero) is 1. The Kier molecular flexibility index (Phi) is 5.87. The molecule has 0 fully saturated rings. The summed E-state index contributed by atoms with van der Waals surface area (Å²) in [4.78, 5) is 27.3. The molecular weight excluding hydrogens is 342 g/mol. The summed E-state index contributed by atoms with van der Waals surface area (Å²) in [5.41, 5.74) is 1.66. The van der Waals surface area contributed by atoms with E-state index in [1.807, 2.05) is 0 Å². The highest BCUT2D eigenvalue weighted by Gasteiger charge is 2.20. The summed E-state index contributed by atoms with van der Waals surface area (Å²) < 4.78 is 25.1. The van der Waals surface area contributed by atoms with Gasteiger partial charge in [0.2, 0.25) is 15.9 Å². The van der Waals surface area contributed by atoms with Crippen LogP contribution >= 0.6 is 0 Å². The Hall–Kier alpha value is -2.74. The molecule has 7 nitrogen and oxygen atoms in total. The van der Waals surface area contributed by atoms with Crippen molar-refractivity contribution < 1.29 is 18.0 Å². The van der Waals surface area contributed by atoms with E-state index in [2.05, 4.69) is 10.3 Å². The SMILES string of the molecule is CC(=O)c1ccc(N(CC(=O)NCc2ccncc2)S(C)(=O)=O)cc1. The number of hydrogen-bond acceptors (Lipinski definition) is 5. The molecule has 1 heterocycles. The molecular formula is C17H19N3O4S. The average Bonchev–Trinajstić information content (AvgIpc) is 2.58. The van der Waals surface area contributed by atoms with Gasteiger partial charge in [-0.1, -0.05) is 0 Å². The van der Waals surface area contributed by atoms with E-state index in [0.29, 0.717) is 11.3 Å². The lowest BCUT2D eigenvalue weighted by Gasteiger charge is -2.22. The minimum Gasteiger partial charge on any atom is -0.350 e. The molecule has 0 aliphatic rings. The van der Waals surface area contributed by atoms with Crippen LogP contribution in [0.4, 0.5) is 5.69 Å². The van der Waals surface area contributed by atoms with Gasteiger partial charge in [-0.15, -0.1) is 0 Å². The first-order chi connectivity index (χ1) is 11.8. The molecule has 2 aromatic rings. The number of carbonyl (C=O) groups excluding carboxylic acids is 2. The molecule has 2 rings (SSSR count). The van der Waals surface area contributed by atoms with Crippen LogP contribution in [0.3, 0.4) is 0 Å². The van der Waals surface area contributed by atoms with Crippen LogP contribution in [0.15, 0.2) is 48.8 Å². The molecule has 0 saturated carbocycles. The number of anilines is 1. The molecule has 0 bridgehead atoms. The molecule has 0 atom stereocenters. The number of amides is 1. The zero-order valence-electron chi connectivity index (χ0n) is 14.0. The van der Waals surface area contributed by atoms with Crippen molar-refractivity contribution in [2.75, 3.05) is 17.1 Å². The van der Waals surface area contributed by atoms with Crippen LogP contribution in [0.1, 0.15) is 22.8 Å². The van der Waals surface area contributed by atoms with Gasteiger partial charge in [-0.05, 0) is 48.9 Å². The number of nitrogens with one attached hydrogen (secondary N) is 1. The Morgan fingerprint density at radius 3 is 2.20 bits per heavy atom. The Morgan fingerprint density at radius 1 is 1.08 bits per heavy atom. The zero-order chi connectivity index (χ0) is 18.4. The van der Waals surface area contributed by atoms with Crippen LogP contribution in [0.5, 0.6) is 0 Å². The highest BCUT2D eigenvalue weighted by Crippen LogP contribution is 2.18. The van der Waals surface area contributed by atoms with Crippen molar-refractivity contribution >= 4 is 27.4 Å². The lowest BCUT2D eigenvalue weighted by molar-refractivity contribution is -0.119. The van der Waals surface area contributed by atoms with Crippen LogP contribution in [0.2, 0.25) is 0 Å². The van der Waals surface area contributed by atoms with Gasteiger partial charge < -0.3 is 5.32 Å². The van der Waals surface area contributed by atoms with E-state index >= 15 is 0 Å². The highest BCUT2D eigenvalue weighted by atomic mass is 32.2. The van der Waals surface area contributed by atoms with Gasteiger partial charge >= 0.3 is 0 Å². The predicted octanol–water partition coefficient (Wildman–Crippen LogP) is 1.37. The van der Waals surface area contributed by atoms with Crippen molar-refractivity contribution in [3.8, 4) is 0 Å². The summed E-state index contributed by atoms with van der Waals surface area (Å²) in [7, 11) is -3.65. The fourth-order valence-corrected chi connectivity index (χ4v) is 3.01. The number of benzene rings is 1. The van der Waals surface area contributed by atoms with Crippen molar-refractivity contribution in [2.24, 2.45) is 0 Å². The van der Waals surface area contributed by atoms with E-state index in [1.54, 1.807) is 24.5 Å². The minimum absolute atomic E-state index is 0.118. The van der Waals surface area contributed by atoms with Crippen molar-refractivity contribution in [2.45, 2.75) is 13.5 Å². The molecule has 0 spiro atoms. The third-order valence-electron chi connectivity index (χ3n) is 3.49. The van der Waals surface area contributed by atoms with E-state index in [-0.39, 0.29) is 18.9 Å². The monoisotopic (exact) mass is 361 g/mol. The first kappa shape index (κ1) is 18.6. The Bertz CT molecular complexity index is 849. The largest absolute Gasteiger partial charge is 0.350 e. The first-order valence-electron chi connectivity index (χ1n) is 7.51. The maximum atomic E-state index is 12.1. The second kappa shape index (κ2) is 7.89. The number of rotatable bonds is 7. The number of nitrogens with zero attached hydrogens (tertiary/aromatic N) is 2. The summed E-state index contributed by atoms with van der Waals surface area (Å²) in [5.74, 6) is -0.551. The number of pyridine rings is 1. The molecule has 1 N–H and O–H groups in total. The molecule has 0 aliphatic heterocycles. The number of hydrogen-bond donors (Lipinski definition) is 1. The molecule has 0 saturated heterocycles. The maximum absolute atomic E-state index is 12.1. The van der Waals surface area contributed by atoms with Gasteiger partial charge in [0, 0.05) is 24.5 Å². The second-order valence-corrected chi connectivity index (χ2v) is 7.41. The lowest BCUT2D eigenvalue weighted by Crippen LogP contribution is -2.40. The molecule has 1 aromatic heterocycles. The number of carbonyl (C=O) groups is 2. The van der Waals surface area contributed by atoms with Gasteiger partial charge in [-0.25, -0.2) is 8.42 Å². The topological polar surface area (TPSA) is 96.4 Å². The third kappa shape index (κ3) is 5.39. The van der Waals surface area contributed by atoms with Crippen LogP contribution in [0.25, 0.3) is 0 Å². The zero-order valence-corrected chi connectivity index (χ0v) is 14.8. The average molecular weight is 361 g/mol. The van der Waals surface area contributed by atoms with E-state index in [0.717, 1.165) is 16.1 Å². The second-order valence-electron chi connectivity index (χ2n) is 5.50. The standard InChI is InChI=1S/C17H19N3O4S/c1-13(21)15-3-5-16(6-4-15)20(25(2,23)24)12-17(22)19-11-14-7-9-18-10-8-14/h3-10H,11-12H2,1-2H3,(H,19,22). The molecule has 0 aliphatic carbocycles. The molecule has 0 unspecified atom stereocenters. The molecule has 8 heteroatoms. The number of sulfonamides is 1. The van der Waals surface area contributed by atoms with Gasteiger partial charge in [0.1, 0.15) is 6.54 Å². The summed E-state index contributed by atoms with van der Waals surface area (Å²) in [6.07, 6.45) is 4.25. The molecule has 1 amide bonds. The summed E-state index contributed by atoms with van der Waals surface area (Å²) in [6.45, 7) is 1.36. The quantitative estimate of drug-likeness (QED) is 0.751. The Balaban J connectivity index is 2.10. The van der Waals surface area contributed by atoms with Crippen LogP contribution in [0, 0.1) is 0 Å². The highest BCUT2D eigenvalue weighted by molar-refractivity contribution is 7.92. The van der Waals surface area contributed by atoms with E-state index < -0.39 is 15.9 Å². The van der Waals surface area contributed by atoms with Crippen molar-refractivity contribution in [3.05, 3.63) is 59.9 Å². The van der Waals surface area contributed by atoms with Gasteiger partial charge in [-0.2, -0.15) is 0 Å². The molecule has 132 valence electrons. The van der Waals surface area contributed by atoms with Crippen molar-refractivity contribution in [1.29, 1.82) is 0 Å². The number of ketones is 1. The minimum atomic E-state index is -3.65.